The molecule has 9 heteroatoms. The summed E-state index contributed by atoms with van der Waals surface area (Å²) in [6.45, 7) is 1.75. The lowest BCUT2D eigenvalue weighted by molar-refractivity contribution is 0.827. The van der Waals surface area contributed by atoms with Crippen molar-refractivity contribution >= 4 is 28.4 Å². The van der Waals surface area contributed by atoms with Crippen molar-refractivity contribution in [3.8, 4) is 16.4 Å². The van der Waals surface area contributed by atoms with Crippen LogP contribution in [0.1, 0.15) is 5.69 Å². The van der Waals surface area contributed by atoms with E-state index in [4.69, 9.17) is 0 Å². The molecule has 0 aliphatic rings. The fourth-order valence-corrected chi connectivity index (χ4v) is 3.38. The number of rotatable bonds is 5. The molecule has 0 fully saturated rings. The van der Waals surface area contributed by atoms with Gasteiger partial charge in [-0.3, -0.25) is 9.89 Å². The van der Waals surface area contributed by atoms with E-state index in [1.54, 1.807) is 19.1 Å². The molecule has 0 amide bonds. The van der Waals surface area contributed by atoms with E-state index >= 15 is 0 Å². The summed E-state index contributed by atoms with van der Waals surface area (Å²) in [5.41, 5.74) is 3.05. The van der Waals surface area contributed by atoms with Crippen molar-refractivity contribution < 1.29 is 0 Å². The lowest BCUT2D eigenvalue weighted by atomic mass is 10.2. The summed E-state index contributed by atoms with van der Waals surface area (Å²) in [6.07, 6.45) is 0. The van der Waals surface area contributed by atoms with Gasteiger partial charge in [0.25, 0.3) is 0 Å². The fourth-order valence-electron chi connectivity index (χ4n) is 2.59. The van der Waals surface area contributed by atoms with Gasteiger partial charge < -0.3 is 0 Å². The van der Waals surface area contributed by atoms with E-state index < -0.39 is 0 Å². The van der Waals surface area contributed by atoms with E-state index in [0.29, 0.717) is 22.2 Å². The van der Waals surface area contributed by atoms with Crippen molar-refractivity contribution in [1.82, 2.24) is 14.8 Å². The van der Waals surface area contributed by atoms with Gasteiger partial charge in [-0.1, -0.05) is 30.3 Å². The first-order valence-electron chi connectivity index (χ1n) is 8.34. The molecule has 0 atom stereocenters. The average molecular weight is 390 g/mol. The summed E-state index contributed by atoms with van der Waals surface area (Å²) in [4.78, 5) is 27.7. The number of nitrogens with zero attached hydrogens (tertiary/aromatic N) is 5. The third-order valence-electron chi connectivity index (χ3n) is 4.01. The second kappa shape index (κ2) is 7.49. The third kappa shape index (κ3) is 3.42. The topological polar surface area (TPSA) is 105 Å². The quantitative estimate of drug-likeness (QED) is 0.364. The Morgan fingerprint density at radius 2 is 1.71 bits per heavy atom. The predicted octanol–water partition coefficient (Wildman–Crippen LogP) is 5.41. The minimum absolute atomic E-state index is 0.203. The van der Waals surface area contributed by atoms with Crippen LogP contribution in [0.3, 0.4) is 0 Å². The van der Waals surface area contributed by atoms with Gasteiger partial charge in [0.1, 0.15) is 5.69 Å². The van der Waals surface area contributed by atoms with Crippen LogP contribution in [0.15, 0.2) is 80.2 Å². The lowest BCUT2D eigenvalue weighted by Crippen LogP contribution is -2.13. The summed E-state index contributed by atoms with van der Waals surface area (Å²) in [7, 11) is 0. The van der Waals surface area contributed by atoms with E-state index in [1.807, 2.05) is 35.7 Å². The van der Waals surface area contributed by atoms with Gasteiger partial charge in [-0.2, -0.15) is 9.80 Å². The van der Waals surface area contributed by atoms with Crippen molar-refractivity contribution in [2.75, 3.05) is 0 Å². The van der Waals surface area contributed by atoms with E-state index in [-0.39, 0.29) is 11.2 Å². The Kier molecular flexibility index (Phi) is 4.73. The Hall–Kier alpha value is -3.72. The summed E-state index contributed by atoms with van der Waals surface area (Å²) >= 11 is 1.36. The smallest absolute Gasteiger partial charge is 0.291 e. The molecule has 2 heterocycles. The minimum Gasteiger partial charge on any atom is -0.291 e. The van der Waals surface area contributed by atoms with Crippen LogP contribution in [0, 0.1) is 11.8 Å². The molecular weight excluding hydrogens is 376 g/mol. The number of benzene rings is 2. The Balaban J connectivity index is 1.64. The van der Waals surface area contributed by atoms with E-state index in [9.17, 15) is 9.70 Å². The zero-order chi connectivity index (χ0) is 19.5. The highest BCUT2D eigenvalue weighted by molar-refractivity contribution is 7.12. The number of nitroso groups, excluding NO2 is 1. The van der Waals surface area contributed by atoms with Gasteiger partial charge in [-0.05, 0) is 36.4 Å². The molecule has 0 saturated carbocycles. The van der Waals surface area contributed by atoms with Crippen LogP contribution in [0.25, 0.3) is 16.4 Å². The van der Waals surface area contributed by atoms with Crippen LogP contribution in [0.2, 0.25) is 0 Å². The number of thiazole rings is 1. The monoisotopic (exact) mass is 390 g/mol. The SMILES string of the molecule is Cc1[nH]n(-c2nc(-c3ccccc3)cs2)c(=O)c1N=Nc1ccc(N=O)cc1. The first-order chi connectivity index (χ1) is 13.7. The molecule has 0 unspecified atom stereocenters. The first-order valence-corrected chi connectivity index (χ1v) is 9.22. The highest BCUT2D eigenvalue weighted by Crippen LogP contribution is 2.25. The van der Waals surface area contributed by atoms with Crippen LogP contribution >= 0.6 is 11.3 Å². The molecule has 0 bridgehead atoms. The minimum atomic E-state index is -0.332. The van der Waals surface area contributed by atoms with Gasteiger partial charge >= 0.3 is 5.56 Å². The summed E-state index contributed by atoms with van der Waals surface area (Å²) in [5.74, 6) is 0. The molecule has 4 aromatic rings. The van der Waals surface area contributed by atoms with Gasteiger partial charge in [0.05, 0.1) is 17.1 Å². The van der Waals surface area contributed by atoms with E-state index in [1.165, 1.54) is 28.2 Å². The van der Waals surface area contributed by atoms with E-state index in [2.05, 4.69) is 25.5 Å². The molecular formula is C19H14N6O2S. The largest absolute Gasteiger partial charge is 0.301 e. The van der Waals surface area contributed by atoms with Crippen molar-refractivity contribution in [1.29, 1.82) is 0 Å². The Morgan fingerprint density at radius 3 is 2.43 bits per heavy atom. The van der Waals surface area contributed by atoms with Crippen LogP contribution in [0.4, 0.5) is 17.1 Å². The number of aryl methyl sites for hydroxylation is 1. The maximum absolute atomic E-state index is 12.7. The normalized spacial score (nSPS) is 11.2. The molecule has 2 aromatic heterocycles. The maximum atomic E-state index is 12.7. The Labute approximate surface area is 163 Å². The zero-order valence-electron chi connectivity index (χ0n) is 14.7. The lowest BCUT2D eigenvalue weighted by Gasteiger charge is -1.95. The van der Waals surface area contributed by atoms with Gasteiger partial charge in [0.2, 0.25) is 5.13 Å². The van der Waals surface area contributed by atoms with E-state index in [0.717, 1.165) is 11.3 Å². The third-order valence-corrected chi connectivity index (χ3v) is 4.84. The van der Waals surface area contributed by atoms with Crippen molar-refractivity contribution in [3.63, 3.8) is 0 Å². The maximum Gasteiger partial charge on any atom is 0.301 e. The highest BCUT2D eigenvalue weighted by atomic mass is 32.1. The molecule has 28 heavy (non-hydrogen) atoms. The van der Waals surface area contributed by atoms with Crippen LogP contribution < -0.4 is 5.56 Å². The molecule has 0 aliphatic carbocycles. The van der Waals surface area contributed by atoms with Gasteiger partial charge in [0, 0.05) is 10.9 Å². The van der Waals surface area contributed by atoms with Crippen molar-refractivity contribution in [2.45, 2.75) is 6.92 Å². The summed E-state index contributed by atoms with van der Waals surface area (Å²) in [6, 6.07) is 16.0. The number of aromatic amines is 1. The van der Waals surface area contributed by atoms with Gasteiger partial charge in [-0.25, -0.2) is 4.98 Å². The average Bonchev–Trinajstić information content (AvgIpc) is 3.32. The fraction of sp³-hybridized carbons (Fsp3) is 0.0526. The predicted molar refractivity (Wildman–Crippen MR) is 108 cm³/mol. The highest BCUT2D eigenvalue weighted by Gasteiger charge is 2.15. The molecule has 0 radical (unpaired) electrons. The molecule has 1 N–H and O–H groups in total. The first kappa shape index (κ1) is 17.7. The molecule has 0 saturated heterocycles. The van der Waals surface area contributed by atoms with Gasteiger partial charge in [0.15, 0.2) is 5.69 Å². The zero-order valence-corrected chi connectivity index (χ0v) is 15.6. The molecule has 138 valence electrons. The molecule has 0 spiro atoms. The molecule has 2 aromatic carbocycles. The second-order valence-corrected chi connectivity index (χ2v) is 6.75. The molecule has 8 nitrogen and oxygen atoms in total. The summed E-state index contributed by atoms with van der Waals surface area (Å²) < 4.78 is 1.36. The van der Waals surface area contributed by atoms with Crippen LogP contribution in [-0.4, -0.2) is 14.8 Å². The number of hydrogen-bond acceptors (Lipinski definition) is 7. The summed E-state index contributed by atoms with van der Waals surface area (Å²) in [5, 5.41) is 16.4. The second-order valence-electron chi connectivity index (χ2n) is 5.92. The Bertz CT molecular complexity index is 1210. The number of H-pyrrole nitrogens is 1. The number of azo groups is 1. The van der Waals surface area contributed by atoms with Crippen molar-refractivity contribution in [3.05, 3.63) is 80.9 Å². The van der Waals surface area contributed by atoms with Crippen molar-refractivity contribution in [2.24, 2.45) is 15.4 Å². The molecule has 4 rings (SSSR count). The van der Waals surface area contributed by atoms with Crippen LogP contribution in [0.5, 0.6) is 0 Å². The molecule has 0 aliphatic heterocycles. The number of nitrogens with one attached hydrogen (secondary N) is 1. The van der Waals surface area contributed by atoms with Gasteiger partial charge in [-0.15, -0.1) is 21.4 Å². The number of aromatic nitrogens is 3. The number of hydrogen-bond donors (Lipinski definition) is 1. The van der Waals surface area contributed by atoms with Crippen LogP contribution in [-0.2, 0) is 0 Å². The standard InChI is InChI=1S/C19H14N6O2S/c1-12-17(22-21-14-7-9-15(24-27)10-8-14)18(26)25(23-12)19-20-16(11-28-19)13-5-3-2-4-6-13/h2-11,23H,1H3. The Morgan fingerprint density at radius 1 is 1.00 bits per heavy atom.